The minimum Gasteiger partial charge on any atom is -0.144 e. The maximum atomic E-state index is 2.32. The van der Waals surface area contributed by atoms with Gasteiger partial charge in [0.1, 0.15) is 0 Å². The van der Waals surface area contributed by atoms with Crippen molar-refractivity contribution in [3.8, 4) is 40.4 Å². The standard InChI is InChI=1S/C20H12S5/c1-4-14(21-9-1)13-12-24-20(19(13)17-6-3-11-23-17)18-8-7-16(25-18)15-5-2-10-22-15/h1-12H. The van der Waals surface area contributed by atoms with Gasteiger partial charge < -0.3 is 0 Å². The smallest absolute Gasteiger partial charge is 0.0536 e. The Morgan fingerprint density at radius 2 is 1.16 bits per heavy atom. The van der Waals surface area contributed by atoms with Crippen LogP contribution >= 0.6 is 56.7 Å². The molecule has 0 atom stereocenters. The normalized spacial score (nSPS) is 11.2. The lowest BCUT2D eigenvalue weighted by molar-refractivity contribution is 1.83. The van der Waals surface area contributed by atoms with Gasteiger partial charge in [-0.1, -0.05) is 18.2 Å². The molecule has 5 heteroatoms. The van der Waals surface area contributed by atoms with E-state index in [0.717, 1.165) is 0 Å². The van der Waals surface area contributed by atoms with Gasteiger partial charge in [-0.15, -0.1) is 56.7 Å². The summed E-state index contributed by atoms with van der Waals surface area (Å²) in [6.07, 6.45) is 0. The van der Waals surface area contributed by atoms with Crippen molar-refractivity contribution in [3.63, 3.8) is 0 Å². The van der Waals surface area contributed by atoms with E-state index in [0.29, 0.717) is 0 Å². The van der Waals surface area contributed by atoms with Gasteiger partial charge >= 0.3 is 0 Å². The van der Waals surface area contributed by atoms with Crippen molar-refractivity contribution in [1.82, 2.24) is 0 Å². The number of hydrogen-bond acceptors (Lipinski definition) is 5. The predicted molar refractivity (Wildman–Crippen MR) is 118 cm³/mol. The molecule has 0 radical (unpaired) electrons. The Bertz CT molecular complexity index is 1070. The molecule has 0 aromatic carbocycles. The van der Waals surface area contributed by atoms with Crippen molar-refractivity contribution in [1.29, 1.82) is 0 Å². The molecule has 0 bridgehead atoms. The summed E-state index contributed by atoms with van der Waals surface area (Å²) in [4.78, 5) is 8.15. The van der Waals surface area contributed by atoms with E-state index in [1.165, 1.54) is 40.4 Å². The Hall–Kier alpha value is -1.50. The highest BCUT2D eigenvalue weighted by atomic mass is 32.1. The van der Waals surface area contributed by atoms with Gasteiger partial charge in [-0.3, -0.25) is 0 Å². The van der Waals surface area contributed by atoms with Crippen LogP contribution in [0.1, 0.15) is 0 Å². The van der Waals surface area contributed by atoms with Gasteiger partial charge in [0.15, 0.2) is 0 Å². The first-order valence-electron chi connectivity index (χ1n) is 7.73. The van der Waals surface area contributed by atoms with Gasteiger partial charge in [0.05, 0.1) is 4.88 Å². The molecule has 0 aliphatic heterocycles. The Balaban J connectivity index is 1.67. The van der Waals surface area contributed by atoms with Gasteiger partial charge in [0.2, 0.25) is 0 Å². The van der Waals surface area contributed by atoms with Crippen LogP contribution in [0.15, 0.2) is 70.1 Å². The molecular weight excluding hydrogens is 401 g/mol. The largest absolute Gasteiger partial charge is 0.144 e. The van der Waals surface area contributed by atoms with Crippen LogP contribution < -0.4 is 0 Å². The Labute approximate surface area is 166 Å². The lowest BCUT2D eigenvalue weighted by Gasteiger charge is -2.03. The van der Waals surface area contributed by atoms with Crippen LogP contribution in [-0.2, 0) is 0 Å². The second kappa shape index (κ2) is 6.67. The van der Waals surface area contributed by atoms with Crippen LogP contribution in [0.5, 0.6) is 0 Å². The van der Waals surface area contributed by atoms with E-state index in [1.54, 1.807) is 0 Å². The van der Waals surface area contributed by atoms with Crippen molar-refractivity contribution < 1.29 is 0 Å². The molecule has 0 saturated carbocycles. The quantitative estimate of drug-likeness (QED) is 0.277. The highest BCUT2D eigenvalue weighted by molar-refractivity contribution is 7.26. The summed E-state index contributed by atoms with van der Waals surface area (Å²) in [5.41, 5.74) is 2.76. The zero-order chi connectivity index (χ0) is 16.6. The first-order chi connectivity index (χ1) is 12.4. The number of rotatable bonds is 4. The first-order valence-corrected chi connectivity index (χ1v) is 12.1. The van der Waals surface area contributed by atoms with Gasteiger partial charge in [-0.05, 0) is 46.5 Å². The molecule has 0 saturated heterocycles. The molecule has 0 unspecified atom stereocenters. The van der Waals surface area contributed by atoms with Crippen LogP contribution in [0.2, 0.25) is 0 Å². The molecule has 5 aromatic rings. The third kappa shape index (κ3) is 2.86. The van der Waals surface area contributed by atoms with Crippen LogP contribution in [-0.4, -0.2) is 0 Å². The Morgan fingerprint density at radius 3 is 1.84 bits per heavy atom. The zero-order valence-corrected chi connectivity index (χ0v) is 17.1. The molecule has 0 spiro atoms. The number of thiophene rings is 5. The molecular formula is C20H12S5. The maximum absolute atomic E-state index is 2.32. The van der Waals surface area contributed by atoms with E-state index in [9.17, 15) is 0 Å². The monoisotopic (exact) mass is 412 g/mol. The van der Waals surface area contributed by atoms with E-state index in [2.05, 4.69) is 70.1 Å². The molecule has 0 fully saturated rings. The highest BCUT2D eigenvalue weighted by Gasteiger charge is 2.19. The van der Waals surface area contributed by atoms with E-state index >= 15 is 0 Å². The average molecular weight is 413 g/mol. The summed E-state index contributed by atoms with van der Waals surface area (Å²) in [5, 5.41) is 8.79. The summed E-state index contributed by atoms with van der Waals surface area (Å²) < 4.78 is 0. The van der Waals surface area contributed by atoms with Crippen molar-refractivity contribution in [2.24, 2.45) is 0 Å². The minimum atomic E-state index is 1.35. The zero-order valence-electron chi connectivity index (χ0n) is 13.0. The number of hydrogen-bond donors (Lipinski definition) is 0. The Morgan fingerprint density at radius 1 is 0.520 bits per heavy atom. The van der Waals surface area contributed by atoms with Gasteiger partial charge in [-0.25, -0.2) is 0 Å². The fraction of sp³-hybridized carbons (Fsp3) is 0. The van der Waals surface area contributed by atoms with Crippen molar-refractivity contribution >= 4 is 56.7 Å². The minimum absolute atomic E-state index is 1.35. The molecule has 5 heterocycles. The molecule has 5 aromatic heterocycles. The van der Waals surface area contributed by atoms with Crippen molar-refractivity contribution in [2.45, 2.75) is 0 Å². The van der Waals surface area contributed by atoms with Gasteiger partial charge in [0, 0.05) is 40.9 Å². The predicted octanol–water partition coefficient (Wildman–Crippen LogP) is 8.66. The van der Waals surface area contributed by atoms with Crippen LogP contribution in [0.25, 0.3) is 40.4 Å². The van der Waals surface area contributed by atoms with Crippen molar-refractivity contribution in [3.05, 3.63) is 70.1 Å². The molecule has 0 nitrogen and oxygen atoms in total. The summed E-state index contributed by atoms with van der Waals surface area (Å²) in [5.74, 6) is 0. The van der Waals surface area contributed by atoms with Gasteiger partial charge in [0.25, 0.3) is 0 Å². The second-order valence-electron chi connectivity index (χ2n) is 5.45. The molecule has 0 amide bonds. The summed E-state index contributed by atoms with van der Waals surface area (Å²) in [6.45, 7) is 0. The van der Waals surface area contributed by atoms with Gasteiger partial charge in [-0.2, -0.15) is 0 Å². The summed E-state index contributed by atoms with van der Waals surface area (Å²) in [6, 6.07) is 17.6. The fourth-order valence-corrected chi connectivity index (χ4v) is 7.57. The lowest BCUT2D eigenvalue weighted by atomic mass is 10.1. The molecule has 122 valence electrons. The third-order valence-electron chi connectivity index (χ3n) is 3.94. The van der Waals surface area contributed by atoms with E-state index < -0.39 is 0 Å². The van der Waals surface area contributed by atoms with Crippen LogP contribution in [0.4, 0.5) is 0 Å². The molecule has 5 rings (SSSR count). The van der Waals surface area contributed by atoms with Crippen LogP contribution in [0.3, 0.4) is 0 Å². The third-order valence-corrected chi connectivity index (χ3v) is 9.04. The molecule has 0 aliphatic rings. The van der Waals surface area contributed by atoms with E-state index in [4.69, 9.17) is 0 Å². The average Bonchev–Trinajstić information content (AvgIpc) is 3.48. The second-order valence-corrected chi connectivity index (χ2v) is 10.3. The Kier molecular flexibility index (Phi) is 4.19. The highest BCUT2D eigenvalue weighted by Crippen LogP contribution is 2.49. The topological polar surface area (TPSA) is 0 Å². The summed E-state index contributed by atoms with van der Waals surface area (Å²) >= 11 is 9.20. The maximum Gasteiger partial charge on any atom is 0.0536 e. The lowest BCUT2D eigenvalue weighted by Crippen LogP contribution is -1.76. The fourth-order valence-electron chi connectivity index (χ4n) is 2.83. The summed E-state index contributed by atoms with van der Waals surface area (Å²) in [7, 11) is 0. The van der Waals surface area contributed by atoms with E-state index in [-0.39, 0.29) is 0 Å². The molecule has 0 aliphatic carbocycles. The first kappa shape index (κ1) is 15.7. The van der Waals surface area contributed by atoms with E-state index in [1.807, 2.05) is 56.7 Å². The molecule has 25 heavy (non-hydrogen) atoms. The van der Waals surface area contributed by atoms with Crippen molar-refractivity contribution in [2.75, 3.05) is 0 Å². The van der Waals surface area contributed by atoms with Crippen LogP contribution in [0, 0.1) is 0 Å². The molecule has 0 N–H and O–H groups in total. The SMILES string of the molecule is c1csc(-c2ccc(-c3scc(-c4cccs4)c3-c3cccs3)s2)c1.